The molecule has 0 radical (unpaired) electrons. The zero-order valence-electron chi connectivity index (χ0n) is 18.0. The predicted octanol–water partition coefficient (Wildman–Crippen LogP) is 2.51. The highest BCUT2D eigenvalue weighted by molar-refractivity contribution is 5.80. The van der Waals surface area contributed by atoms with E-state index in [2.05, 4.69) is 5.32 Å². The van der Waals surface area contributed by atoms with Crippen LogP contribution in [0.3, 0.4) is 0 Å². The fourth-order valence-electron chi connectivity index (χ4n) is 3.24. The quantitative estimate of drug-likeness (QED) is 0.819. The lowest BCUT2D eigenvalue weighted by Crippen LogP contribution is -2.39. The van der Waals surface area contributed by atoms with Crippen LogP contribution in [0.1, 0.15) is 44.7 Å². The molecule has 0 bridgehead atoms. The second-order valence-electron chi connectivity index (χ2n) is 8.40. The van der Waals surface area contributed by atoms with Crippen LogP contribution in [0, 0.1) is 6.92 Å². The Kier molecular flexibility index (Phi) is 8.05. The topological polar surface area (TPSA) is 79.0 Å². The van der Waals surface area contributed by atoms with Crippen molar-refractivity contribution < 1.29 is 19.1 Å². The number of carbonyl (C=O) groups is 3. The second kappa shape index (κ2) is 10.3. The number of aryl methyl sites for hydroxylation is 1. The summed E-state index contributed by atoms with van der Waals surface area (Å²) in [7, 11) is 0. The predicted molar refractivity (Wildman–Crippen MR) is 112 cm³/mol. The van der Waals surface area contributed by atoms with E-state index in [0.29, 0.717) is 32.6 Å². The maximum Gasteiger partial charge on any atom is 0.407 e. The van der Waals surface area contributed by atoms with Crippen LogP contribution in [-0.2, 0) is 20.7 Å². The third-order valence-corrected chi connectivity index (χ3v) is 4.81. The van der Waals surface area contributed by atoms with Crippen LogP contribution < -0.4 is 5.32 Å². The van der Waals surface area contributed by atoms with E-state index in [4.69, 9.17) is 4.74 Å². The van der Waals surface area contributed by atoms with Crippen molar-refractivity contribution in [2.75, 3.05) is 32.7 Å². The average molecular weight is 404 g/mol. The second-order valence-corrected chi connectivity index (χ2v) is 8.40. The normalized spacial score (nSPS) is 14.9. The molecule has 29 heavy (non-hydrogen) atoms. The molecule has 0 unspecified atom stereocenters. The highest BCUT2D eigenvalue weighted by Gasteiger charge is 2.22. The van der Waals surface area contributed by atoms with E-state index in [0.717, 1.165) is 17.5 Å². The van der Waals surface area contributed by atoms with Crippen molar-refractivity contribution in [3.8, 4) is 0 Å². The first-order valence-corrected chi connectivity index (χ1v) is 10.2. The minimum absolute atomic E-state index is 0.0192. The molecule has 1 aliphatic heterocycles. The van der Waals surface area contributed by atoms with Crippen molar-refractivity contribution in [1.29, 1.82) is 0 Å². The van der Waals surface area contributed by atoms with E-state index in [9.17, 15) is 14.4 Å². The lowest BCUT2D eigenvalue weighted by molar-refractivity contribution is -0.133. The van der Waals surface area contributed by atoms with Crippen molar-refractivity contribution in [3.63, 3.8) is 0 Å². The van der Waals surface area contributed by atoms with E-state index >= 15 is 0 Å². The molecule has 0 saturated carbocycles. The van der Waals surface area contributed by atoms with Crippen molar-refractivity contribution >= 4 is 17.9 Å². The van der Waals surface area contributed by atoms with Gasteiger partial charge in [-0.3, -0.25) is 9.59 Å². The molecule has 0 aliphatic carbocycles. The van der Waals surface area contributed by atoms with Gasteiger partial charge in [0.1, 0.15) is 5.60 Å². The maximum absolute atomic E-state index is 12.7. The summed E-state index contributed by atoms with van der Waals surface area (Å²) < 4.78 is 5.16. The van der Waals surface area contributed by atoms with Gasteiger partial charge < -0.3 is 19.9 Å². The Morgan fingerprint density at radius 3 is 2.24 bits per heavy atom. The monoisotopic (exact) mass is 403 g/mol. The number of amides is 3. The maximum atomic E-state index is 12.7. The third kappa shape index (κ3) is 7.75. The smallest absolute Gasteiger partial charge is 0.407 e. The summed E-state index contributed by atoms with van der Waals surface area (Å²) in [5, 5.41) is 2.61. The summed E-state index contributed by atoms with van der Waals surface area (Å²) in [4.78, 5) is 40.4. The van der Waals surface area contributed by atoms with Crippen LogP contribution in [0.15, 0.2) is 24.3 Å². The average Bonchev–Trinajstić information content (AvgIpc) is 2.88. The van der Waals surface area contributed by atoms with Crippen LogP contribution in [0.25, 0.3) is 0 Å². The number of nitrogens with one attached hydrogen (secondary N) is 1. The molecule has 1 N–H and O–H groups in total. The van der Waals surface area contributed by atoms with Crippen molar-refractivity contribution in [3.05, 3.63) is 35.4 Å². The summed E-state index contributed by atoms with van der Waals surface area (Å²) in [5.41, 5.74) is 1.60. The first kappa shape index (κ1) is 22.7. The van der Waals surface area contributed by atoms with E-state index in [1.807, 2.05) is 36.1 Å². The molecule has 1 aromatic carbocycles. The molecule has 1 fully saturated rings. The Hall–Kier alpha value is -2.57. The summed E-state index contributed by atoms with van der Waals surface area (Å²) in [6.07, 6.45) is 0.843. The Morgan fingerprint density at radius 1 is 1.00 bits per heavy atom. The lowest BCUT2D eigenvalue weighted by atomic mass is 10.1. The lowest BCUT2D eigenvalue weighted by Gasteiger charge is -2.23. The van der Waals surface area contributed by atoms with Crippen LogP contribution >= 0.6 is 0 Å². The van der Waals surface area contributed by atoms with Gasteiger partial charge in [-0.2, -0.15) is 0 Å². The molecule has 3 amide bonds. The van der Waals surface area contributed by atoms with E-state index in [1.165, 1.54) is 0 Å². The molecular formula is C22H33N3O4. The van der Waals surface area contributed by atoms with Crippen LogP contribution in [0.4, 0.5) is 4.79 Å². The molecule has 7 nitrogen and oxygen atoms in total. The molecule has 1 aromatic rings. The number of benzene rings is 1. The van der Waals surface area contributed by atoms with Gasteiger partial charge in [-0.1, -0.05) is 24.3 Å². The van der Waals surface area contributed by atoms with Gasteiger partial charge in [0.15, 0.2) is 0 Å². The van der Waals surface area contributed by atoms with Crippen LogP contribution in [-0.4, -0.2) is 66.0 Å². The Balaban J connectivity index is 1.77. The largest absolute Gasteiger partial charge is 0.444 e. The van der Waals surface area contributed by atoms with Gasteiger partial charge in [-0.05, 0) is 45.2 Å². The molecule has 1 heterocycles. The summed E-state index contributed by atoms with van der Waals surface area (Å²) >= 11 is 0. The molecule has 2 rings (SSSR count). The molecule has 0 aromatic heterocycles. The van der Waals surface area contributed by atoms with Crippen molar-refractivity contribution in [1.82, 2.24) is 15.1 Å². The molecular weight excluding hydrogens is 370 g/mol. The highest BCUT2D eigenvalue weighted by Crippen LogP contribution is 2.12. The molecule has 1 aliphatic rings. The van der Waals surface area contributed by atoms with Gasteiger partial charge in [-0.25, -0.2) is 4.79 Å². The minimum atomic E-state index is -0.562. The summed E-state index contributed by atoms with van der Waals surface area (Å²) in [5.74, 6) is 0.0782. The van der Waals surface area contributed by atoms with E-state index < -0.39 is 11.7 Å². The first-order chi connectivity index (χ1) is 13.7. The van der Waals surface area contributed by atoms with Crippen LogP contribution in [0.5, 0.6) is 0 Å². The SMILES string of the molecule is Cc1ccccc1CC(=O)N1CCCN(C(=O)CCNC(=O)OC(C)(C)C)CC1. The number of carbonyl (C=O) groups excluding carboxylic acids is 3. The zero-order valence-corrected chi connectivity index (χ0v) is 18.0. The van der Waals surface area contributed by atoms with Gasteiger partial charge >= 0.3 is 6.09 Å². The molecule has 0 spiro atoms. The number of hydrogen-bond donors (Lipinski definition) is 1. The molecule has 1 saturated heterocycles. The molecule has 0 atom stereocenters. The number of nitrogens with zero attached hydrogens (tertiary/aromatic N) is 2. The minimum Gasteiger partial charge on any atom is -0.444 e. The third-order valence-electron chi connectivity index (χ3n) is 4.81. The van der Waals surface area contributed by atoms with Gasteiger partial charge in [0.25, 0.3) is 0 Å². The van der Waals surface area contributed by atoms with Crippen molar-refractivity contribution in [2.24, 2.45) is 0 Å². The number of rotatable bonds is 5. The van der Waals surface area contributed by atoms with Gasteiger partial charge in [0, 0.05) is 39.1 Å². The Bertz CT molecular complexity index is 727. The Labute approximate surface area is 173 Å². The summed E-state index contributed by atoms with van der Waals surface area (Å²) in [6, 6.07) is 7.91. The van der Waals surface area contributed by atoms with Crippen LogP contribution in [0.2, 0.25) is 0 Å². The van der Waals surface area contributed by atoms with Crippen molar-refractivity contribution in [2.45, 2.75) is 52.6 Å². The van der Waals surface area contributed by atoms with Gasteiger partial charge in [0.05, 0.1) is 6.42 Å². The molecule has 7 heteroatoms. The zero-order chi connectivity index (χ0) is 21.4. The standard InChI is InChI=1S/C22H33N3O4/c1-17-8-5-6-9-18(17)16-20(27)25-13-7-12-24(14-15-25)19(26)10-11-23-21(28)29-22(2,3)4/h5-6,8-9H,7,10-16H2,1-4H3,(H,23,28). The highest BCUT2D eigenvalue weighted by atomic mass is 16.6. The fourth-order valence-corrected chi connectivity index (χ4v) is 3.24. The van der Waals surface area contributed by atoms with E-state index in [-0.39, 0.29) is 24.8 Å². The number of ether oxygens (including phenoxy) is 1. The Morgan fingerprint density at radius 2 is 1.62 bits per heavy atom. The van der Waals surface area contributed by atoms with Gasteiger partial charge in [0.2, 0.25) is 11.8 Å². The summed E-state index contributed by atoms with van der Waals surface area (Å²) in [6.45, 7) is 9.96. The van der Waals surface area contributed by atoms with Gasteiger partial charge in [-0.15, -0.1) is 0 Å². The number of alkyl carbamates (subject to hydrolysis) is 1. The van der Waals surface area contributed by atoms with E-state index in [1.54, 1.807) is 25.7 Å². The molecule has 160 valence electrons. The number of hydrogen-bond acceptors (Lipinski definition) is 4. The fraction of sp³-hybridized carbons (Fsp3) is 0.591. The first-order valence-electron chi connectivity index (χ1n) is 10.2.